The van der Waals surface area contributed by atoms with Crippen molar-refractivity contribution in [1.29, 1.82) is 0 Å². The number of hydrogen-bond donors (Lipinski definition) is 1. The van der Waals surface area contributed by atoms with Crippen LogP contribution >= 0.6 is 0 Å². The van der Waals surface area contributed by atoms with E-state index in [2.05, 4.69) is 15.3 Å². The average molecular weight is 354 g/mol. The number of likely N-dealkylation sites (tertiary alicyclic amines) is 1. The molecule has 2 heterocycles. The number of anilines is 1. The molecule has 136 valence electrons. The quantitative estimate of drug-likeness (QED) is 0.830. The summed E-state index contributed by atoms with van der Waals surface area (Å²) in [6, 6.07) is 9.58. The first-order valence-electron chi connectivity index (χ1n) is 8.60. The fraction of sp³-hybridized carbons (Fsp3) is 0.368. The Bertz CT molecular complexity index is 784. The zero-order valence-electron chi connectivity index (χ0n) is 14.9. The highest BCUT2D eigenvalue weighted by Crippen LogP contribution is 2.19. The van der Waals surface area contributed by atoms with Crippen LogP contribution < -0.4 is 10.1 Å². The van der Waals surface area contributed by atoms with E-state index in [-0.39, 0.29) is 23.7 Å². The number of nitrogens with one attached hydrogen (secondary N) is 1. The van der Waals surface area contributed by atoms with Crippen LogP contribution in [0.1, 0.15) is 39.3 Å². The number of amides is 1. The summed E-state index contributed by atoms with van der Waals surface area (Å²) < 4.78 is 5.02. The summed E-state index contributed by atoms with van der Waals surface area (Å²) in [4.78, 5) is 33.6. The number of hydrogen-bond acceptors (Lipinski definition) is 6. The average Bonchev–Trinajstić information content (AvgIpc) is 2.68. The van der Waals surface area contributed by atoms with Gasteiger partial charge in [-0.15, -0.1) is 0 Å². The monoisotopic (exact) mass is 354 g/mol. The number of ether oxygens (including phenoxy) is 1. The highest BCUT2D eigenvalue weighted by atomic mass is 16.5. The molecule has 26 heavy (non-hydrogen) atoms. The van der Waals surface area contributed by atoms with Crippen LogP contribution in [0.5, 0.6) is 6.01 Å². The maximum Gasteiger partial charge on any atom is 0.318 e. The zero-order chi connectivity index (χ0) is 18.5. The molecular weight excluding hydrogens is 332 g/mol. The van der Waals surface area contributed by atoms with Crippen molar-refractivity contribution in [2.75, 3.05) is 25.5 Å². The van der Waals surface area contributed by atoms with Gasteiger partial charge >= 0.3 is 6.01 Å². The third kappa shape index (κ3) is 4.17. The molecule has 1 fully saturated rings. The van der Waals surface area contributed by atoms with E-state index in [0.29, 0.717) is 25.2 Å². The molecule has 0 unspecified atom stereocenters. The van der Waals surface area contributed by atoms with Crippen LogP contribution in [0.2, 0.25) is 0 Å². The lowest BCUT2D eigenvalue weighted by Gasteiger charge is -2.32. The molecule has 7 heteroatoms. The van der Waals surface area contributed by atoms with Gasteiger partial charge in [-0.2, -0.15) is 9.97 Å². The number of aromatic nitrogens is 2. The predicted octanol–water partition coefficient (Wildman–Crippen LogP) is 2.32. The summed E-state index contributed by atoms with van der Waals surface area (Å²) in [5.74, 6) is 0.623. The molecule has 1 saturated heterocycles. The van der Waals surface area contributed by atoms with Gasteiger partial charge < -0.3 is 15.0 Å². The Balaban J connectivity index is 1.59. The summed E-state index contributed by atoms with van der Waals surface area (Å²) in [7, 11) is 1.46. The highest BCUT2D eigenvalue weighted by molar-refractivity contribution is 5.94. The van der Waals surface area contributed by atoms with Gasteiger partial charge in [0.1, 0.15) is 11.5 Å². The van der Waals surface area contributed by atoms with Crippen LogP contribution in [0.25, 0.3) is 0 Å². The van der Waals surface area contributed by atoms with Crippen LogP contribution in [0.4, 0.5) is 5.82 Å². The van der Waals surface area contributed by atoms with Gasteiger partial charge in [-0.1, -0.05) is 17.7 Å². The number of nitrogens with zero attached hydrogens (tertiary/aromatic N) is 3. The van der Waals surface area contributed by atoms with Gasteiger partial charge in [0.05, 0.1) is 7.11 Å². The first kappa shape index (κ1) is 17.8. The van der Waals surface area contributed by atoms with Crippen molar-refractivity contribution >= 4 is 18.0 Å². The van der Waals surface area contributed by atoms with Crippen LogP contribution in [0, 0.1) is 6.92 Å². The van der Waals surface area contributed by atoms with E-state index in [4.69, 9.17) is 4.74 Å². The van der Waals surface area contributed by atoms with Crippen LogP contribution in [-0.4, -0.2) is 53.3 Å². The summed E-state index contributed by atoms with van der Waals surface area (Å²) in [6.07, 6.45) is 2.28. The summed E-state index contributed by atoms with van der Waals surface area (Å²) in [5.41, 5.74) is 2.13. The molecule has 7 nitrogen and oxygen atoms in total. The minimum absolute atomic E-state index is 0.0652. The first-order chi connectivity index (χ1) is 12.6. The van der Waals surface area contributed by atoms with Crippen molar-refractivity contribution in [2.24, 2.45) is 0 Å². The Kier molecular flexibility index (Phi) is 5.46. The van der Waals surface area contributed by atoms with Crippen LogP contribution in [-0.2, 0) is 0 Å². The number of methoxy groups -OCH3 is 1. The van der Waals surface area contributed by atoms with Gasteiger partial charge in [-0.05, 0) is 31.9 Å². The number of aryl methyl sites for hydroxylation is 1. The molecule has 3 rings (SSSR count). The summed E-state index contributed by atoms with van der Waals surface area (Å²) in [6.45, 7) is 3.35. The number of rotatable bonds is 5. The molecule has 0 radical (unpaired) electrons. The van der Waals surface area contributed by atoms with Crippen LogP contribution in [0.3, 0.4) is 0 Å². The van der Waals surface area contributed by atoms with E-state index in [1.165, 1.54) is 7.11 Å². The van der Waals surface area contributed by atoms with Gasteiger partial charge in [0, 0.05) is 30.8 Å². The maximum absolute atomic E-state index is 12.6. The Morgan fingerprint density at radius 2 is 1.92 bits per heavy atom. The van der Waals surface area contributed by atoms with Gasteiger partial charge in [0.25, 0.3) is 5.91 Å². The molecule has 1 N–H and O–H groups in total. The third-order valence-electron chi connectivity index (χ3n) is 4.46. The Morgan fingerprint density at radius 1 is 1.23 bits per heavy atom. The van der Waals surface area contributed by atoms with Crippen molar-refractivity contribution < 1.29 is 14.3 Å². The van der Waals surface area contributed by atoms with E-state index < -0.39 is 0 Å². The molecule has 1 amide bonds. The SMILES string of the molecule is COc1nc(C=O)cc(NC2CCN(C(=O)c3ccc(C)cc3)CC2)n1. The number of benzene rings is 1. The molecule has 1 aromatic carbocycles. The van der Waals surface area contributed by atoms with E-state index in [1.807, 2.05) is 36.1 Å². The predicted molar refractivity (Wildman–Crippen MR) is 97.7 cm³/mol. The molecule has 1 aromatic heterocycles. The van der Waals surface area contributed by atoms with E-state index in [9.17, 15) is 9.59 Å². The van der Waals surface area contributed by atoms with E-state index >= 15 is 0 Å². The van der Waals surface area contributed by atoms with Crippen molar-refractivity contribution in [2.45, 2.75) is 25.8 Å². The fourth-order valence-corrected chi connectivity index (χ4v) is 2.98. The van der Waals surface area contributed by atoms with Crippen molar-refractivity contribution in [3.63, 3.8) is 0 Å². The van der Waals surface area contributed by atoms with Crippen molar-refractivity contribution in [3.8, 4) is 6.01 Å². The van der Waals surface area contributed by atoms with Crippen molar-refractivity contribution in [3.05, 3.63) is 47.2 Å². The number of carbonyl (C=O) groups excluding carboxylic acids is 2. The van der Waals surface area contributed by atoms with Crippen molar-refractivity contribution in [1.82, 2.24) is 14.9 Å². The first-order valence-corrected chi connectivity index (χ1v) is 8.60. The Morgan fingerprint density at radius 3 is 2.54 bits per heavy atom. The molecular formula is C19H22N4O3. The lowest BCUT2D eigenvalue weighted by molar-refractivity contribution is 0.0718. The molecule has 1 aliphatic heterocycles. The third-order valence-corrected chi connectivity index (χ3v) is 4.46. The largest absolute Gasteiger partial charge is 0.467 e. The van der Waals surface area contributed by atoms with E-state index in [0.717, 1.165) is 24.0 Å². The molecule has 1 aliphatic rings. The van der Waals surface area contributed by atoms with Gasteiger partial charge in [-0.3, -0.25) is 9.59 Å². The maximum atomic E-state index is 12.6. The second-order valence-corrected chi connectivity index (χ2v) is 6.36. The molecule has 0 bridgehead atoms. The highest BCUT2D eigenvalue weighted by Gasteiger charge is 2.24. The molecule has 0 saturated carbocycles. The van der Waals surface area contributed by atoms with Crippen LogP contribution in [0.15, 0.2) is 30.3 Å². The van der Waals surface area contributed by atoms with E-state index in [1.54, 1.807) is 6.07 Å². The smallest absolute Gasteiger partial charge is 0.318 e. The lowest BCUT2D eigenvalue weighted by atomic mass is 10.0. The second-order valence-electron chi connectivity index (χ2n) is 6.36. The molecule has 0 atom stereocenters. The fourth-order valence-electron chi connectivity index (χ4n) is 2.98. The van der Waals surface area contributed by atoms with Gasteiger partial charge in [-0.25, -0.2) is 0 Å². The zero-order valence-corrected chi connectivity index (χ0v) is 14.9. The number of aldehydes is 1. The van der Waals surface area contributed by atoms with Gasteiger partial charge in [0.2, 0.25) is 0 Å². The molecule has 2 aromatic rings. The summed E-state index contributed by atoms with van der Waals surface area (Å²) >= 11 is 0. The van der Waals surface area contributed by atoms with Gasteiger partial charge in [0.15, 0.2) is 6.29 Å². The minimum atomic E-state index is 0.0652. The standard InChI is InChI=1S/C19H22N4O3/c1-13-3-5-14(6-4-13)18(25)23-9-7-15(8-10-23)20-17-11-16(12-24)21-19(22-17)26-2/h3-6,11-12,15H,7-10H2,1-2H3,(H,20,21,22). The lowest BCUT2D eigenvalue weighted by Crippen LogP contribution is -2.42. The summed E-state index contributed by atoms with van der Waals surface area (Å²) in [5, 5.41) is 3.31. The normalized spacial score (nSPS) is 14.8. The Hall–Kier alpha value is -2.96. The second kappa shape index (κ2) is 7.95. The number of piperidine rings is 1. The molecule has 0 spiro atoms. The number of carbonyl (C=O) groups is 2. The minimum Gasteiger partial charge on any atom is -0.467 e. The Labute approximate surface area is 152 Å². The molecule has 0 aliphatic carbocycles. The topological polar surface area (TPSA) is 84.4 Å².